The van der Waals surface area contributed by atoms with Gasteiger partial charge >= 0.3 is 0 Å². The predicted octanol–water partition coefficient (Wildman–Crippen LogP) is 3.97. The first-order valence-corrected chi connectivity index (χ1v) is 6.33. The van der Waals surface area contributed by atoms with Gasteiger partial charge in [-0.05, 0) is 18.1 Å². The molecule has 0 aliphatic carbocycles. The van der Waals surface area contributed by atoms with E-state index in [-0.39, 0.29) is 0 Å². The average molecular weight is 235 g/mol. The Labute approximate surface area is 99.6 Å². The largest absolute Gasteiger partial charge is 0.249 e. The Kier molecular flexibility index (Phi) is 3.44. The normalized spacial score (nSPS) is 12.7. The topological polar surface area (TPSA) is 12.9 Å². The number of nitrogens with zero attached hydrogens (tertiary/aromatic N) is 1. The molecule has 0 amide bonds. The van der Waals surface area contributed by atoms with E-state index in [1.807, 2.05) is 23.7 Å². The van der Waals surface area contributed by atoms with Gasteiger partial charge in [-0.1, -0.05) is 25.1 Å². The fourth-order valence-electron chi connectivity index (χ4n) is 1.72. The van der Waals surface area contributed by atoms with Crippen LogP contribution < -0.4 is 0 Å². The minimum absolute atomic E-state index is 0.388. The average Bonchev–Trinajstić information content (AvgIpc) is 2.75. The molecular formula is C12H13NS2. The van der Waals surface area contributed by atoms with Crippen LogP contribution in [-0.4, -0.2) is 4.98 Å². The standard InChI is InChI=1S/C12H13NS2/c1-2-9(12-13-7-8-15-12)10-5-3-4-6-11(10)14/h3-9,14H,2H2,1H3. The quantitative estimate of drug-likeness (QED) is 0.794. The van der Waals surface area contributed by atoms with E-state index in [0.717, 1.165) is 11.3 Å². The maximum Gasteiger partial charge on any atom is 0.1000 e. The lowest BCUT2D eigenvalue weighted by molar-refractivity contribution is 0.755. The van der Waals surface area contributed by atoms with Crippen LogP contribution in [0, 0.1) is 0 Å². The van der Waals surface area contributed by atoms with Crippen molar-refractivity contribution in [3.05, 3.63) is 46.4 Å². The number of rotatable bonds is 3. The lowest BCUT2D eigenvalue weighted by atomic mass is 9.97. The second kappa shape index (κ2) is 4.81. The molecule has 1 heterocycles. The Bertz CT molecular complexity index is 423. The van der Waals surface area contributed by atoms with E-state index >= 15 is 0 Å². The van der Waals surface area contributed by atoms with Crippen molar-refractivity contribution in [2.24, 2.45) is 0 Å². The van der Waals surface area contributed by atoms with Gasteiger partial charge in [0.05, 0.1) is 5.01 Å². The maximum absolute atomic E-state index is 4.50. The Morgan fingerprint density at radius 3 is 2.80 bits per heavy atom. The van der Waals surface area contributed by atoms with Crippen LogP contribution in [0.25, 0.3) is 0 Å². The van der Waals surface area contributed by atoms with Crippen LogP contribution in [0.5, 0.6) is 0 Å². The van der Waals surface area contributed by atoms with Gasteiger partial charge < -0.3 is 0 Å². The number of aromatic nitrogens is 1. The summed E-state index contributed by atoms with van der Waals surface area (Å²) in [6.45, 7) is 2.19. The molecule has 0 fully saturated rings. The summed E-state index contributed by atoms with van der Waals surface area (Å²) >= 11 is 6.21. The highest BCUT2D eigenvalue weighted by molar-refractivity contribution is 7.80. The SMILES string of the molecule is CCC(c1nccs1)c1ccccc1S. The van der Waals surface area contributed by atoms with Gasteiger partial charge in [-0.25, -0.2) is 4.98 Å². The van der Waals surface area contributed by atoms with E-state index in [2.05, 4.69) is 36.7 Å². The van der Waals surface area contributed by atoms with Gasteiger partial charge in [-0.3, -0.25) is 0 Å². The summed E-state index contributed by atoms with van der Waals surface area (Å²) in [5.41, 5.74) is 1.28. The molecule has 0 N–H and O–H groups in total. The Balaban J connectivity index is 2.40. The molecule has 0 radical (unpaired) electrons. The third-order valence-electron chi connectivity index (χ3n) is 2.47. The molecule has 1 aromatic heterocycles. The summed E-state index contributed by atoms with van der Waals surface area (Å²) in [4.78, 5) is 5.44. The maximum atomic E-state index is 4.50. The molecule has 0 aliphatic heterocycles. The second-order valence-corrected chi connectivity index (χ2v) is 4.80. The van der Waals surface area contributed by atoms with Crippen LogP contribution in [0.15, 0.2) is 40.7 Å². The molecular weight excluding hydrogens is 222 g/mol. The molecule has 0 spiro atoms. The molecule has 0 saturated carbocycles. The first kappa shape index (κ1) is 10.7. The second-order valence-electron chi connectivity index (χ2n) is 3.39. The highest BCUT2D eigenvalue weighted by Crippen LogP contribution is 2.32. The summed E-state index contributed by atoms with van der Waals surface area (Å²) in [7, 11) is 0. The number of thiol groups is 1. The van der Waals surface area contributed by atoms with E-state index in [1.54, 1.807) is 11.3 Å². The molecule has 2 rings (SSSR count). The molecule has 0 saturated heterocycles. The number of hydrogen-bond acceptors (Lipinski definition) is 3. The van der Waals surface area contributed by atoms with Crippen molar-refractivity contribution >= 4 is 24.0 Å². The lowest BCUT2D eigenvalue weighted by Gasteiger charge is -2.14. The molecule has 0 aliphatic rings. The van der Waals surface area contributed by atoms with Crippen LogP contribution in [0.1, 0.15) is 29.8 Å². The van der Waals surface area contributed by atoms with E-state index in [9.17, 15) is 0 Å². The smallest absolute Gasteiger partial charge is 0.1000 e. The summed E-state index contributed by atoms with van der Waals surface area (Å²) < 4.78 is 0. The van der Waals surface area contributed by atoms with Gasteiger partial charge in [-0.2, -0.15) is 0 Å². The Hall–Kier alpha value is -0.800. The van der Waals surface area contributed by atoms with Crippen LogP contribution in [0.4, 0.5) is 0 Å². The minimum atomic E-state index is 0.388. The predicted molar refractivity (Wildman–Crippen MR) is 67.9 cm³/mol. The summed E-state index contributed by atoms with van der Waals surface area (Å²) in [6.07, 6.45) is 2.93. The van der Waals surface area contributed by atoms with Crippen molar-refractivity contribution in [1.82, 2.24) is 4.98 Å². The van der Waals surface area contributed by atoms with Crippen molar-refractivity contribution in [1.29, 1.82) is 0 Å². The van der Waals surface area contributed by atoms with E-state index in [0.29, 0.717) is 5.92 Å². The summed E-state index contributed by atoms with van der Waals surface area (Å²) in [6, 6.07) is 8.25. The fraction of sp³-hybridized carbons (Fsp3) is 0.250. The fourth-order valence-corrected chi connectivity index (χ4v) is 2.87. The first-order chi connectivity index (χ1) is 7.33. The number of benzene rings is 1. The number of hydrogen-bond donors (Lipinski definition) is 1. The Morgan fingerprint density at radius 2 is 2.20 bits per heavy atom. The van der Waals surface area contributed by atoms with Gasteiger partial charge in [-0.15, -0.1) is 24.0 Å². The first-order valence-electron chi connectivity index (χ1n) is 5.00. The monoisotopic (exact) mass is 235 g/mol. The lowest BCUT2D eigenvalue weighted by Crippen LogP contribution is -1.99. The molecule has 1 nitrogen and oxygen atoms in total. The Morgan fingerprint density at radius 1 is 1.40 bits per heavy atom. The van der Waals surface area contributed by atoms with Gasteiger partial charge in [0.25, 0.3) is 0 Å². The zero-order valence-corrected chi connectivity index (χ0v) is 10.3. The molecule has 2 aromatic rings. The highest BCUT2D eigenvalue weighted by Gasteiger charge is 2.16. The highest BCUT2D eigenvalue weighted by atomic mass is 32.1. The van der Waals surface area contributed by atoms with Crippen molar-refractivity contribution in [3.63, 3.8) is 0 Å². The van der Waals surface area contributed by atoms with Crippen molar-refractivity contribution in [2.75, 3.05) is 0 Å². The zero-order valence-electron chi connectivity index (χ0n) is 8.55. The van der Waals surface area contributed by atoms with Crippen molar-refractivity contribution < 1.29 is 0 Å². The third kappa shape index (κ3) is 2.24. The van der Waals surface area contributed by atoms with Crippen molar-refractivity contribution in [2.45, 2.75) is 24.2 Å². The molecule has 78 valence electrons. The van der Waals surface area contributed by atoms with Crippen LogP contribution in [0.2, 0.25) is 0 Å². The van der Waals surface area contributed by atoms with Gasteiger partial charge in [0.1, 0.15) is 0 Å². The molecule has 15 heavy (non-hydrogen) atoms. The van der Waals surface area contributed by atoms with E-state index < -0.39 is 0 Å². The van der Waals surface area contributed by atoms with E-state index in [4.69, 9.17) is 0 Å². The zero-order chi connectivity index (χ0) is 10.7. The van der Waals surface area contributed by atoms with Gasteiger partial charge in [0.2, 0.25) is 0 Å². The van der Waals surface area contributed by atoms with Gasteiger partial charge in [0, 0.05) is 22.4 Å². The molecule has 0 bridgehead atoms. The molecule has 1 aromatic carbocycles. The van der Waals surface area contributed by atoms with Crippen LogP contribution in [-0.2, 0) is 0 Å². The molecule has 3 heteroatoms. The third-order valence-corrected chi connectivity index (χ3v) is 3.77. The van der Waals surface area contributed by atoms with Gasteiger partial charge in [0.15, 0.2) is 0 Å². The summed E-state index contributed by atoms with van der Waals surface area (Å²) in [5.74, 6) is 0.388. The minimum Gasteiger partial charge on any atom is -0.249 e. The number of thiazole rings is 1. The van der Waals surface area contributed by atoms with Crippen LogP contribution >= 0.6 is 24.0 Å². The van der Waals surface area contributed by atoms with E-state index in [1.165, 1.54) is 10.6 Å². The molecule has 1 unspecified atom stereocenters. The van der Waals surface area contributed by atoms with Crippen LogP contribution in [0.3, 0.4) is 0 Å². The molecule has 1 atom stereocenters. The summed E-state index contributed by atoms with van der Waals surface area (Å²) in [5, 5.41) is 3.21. The van der Waals surface area contributed by atoms with Crippen molar-refractivity contribution in [3.8, 4) is 0 Å².